The van der Waals surface area contributed by atoms with Crippen LogP contribution in [0.15, 0.2) is 46.0 Å². The summed E-state index contributed by atoms with van der Waals surface area (Å²) < 4.78 is 11.8. The van der Waals surface area contributed by atoms with E-state index >= 15 is 0 Å². The zero-order chi connectivity index (χ0) is 18.2. The van der Waals surface area contributed by atoms with Gasteiger partial charge in [-0.25, -0.2) is 5.43 Å². The van der Waals surface area contributed by atoms with Crippen molar-refractivity contribution in [1.82, 2.24) is 5.43 Å². The van der Waals surface area contributed by atoms with Gasteiger partial charge in [-0.15, -0.1) is 0 Å². The smallest absolute Gasteiger partial charge is 0.277 e. The number of nitrogens with one attached hydrogen (secondary N) is 1. The highest BCUT2D eigenvalue weighted by molar-refractivity contribution is 9.10. The van der Waals surface area contributed by atoms with Crippen LogP contribution in [0.5, 0.6) is 11.5 Å². The normalized spacial score (nSPS) is 10.7. The van der Waals surface area contributed by atoms with Gasteiger partial charge in [0, 0.05) is 15.1 Å². The average Bonchev–Trinajstić information content (AvgIpc) is 2.58. The second-order valence-electron chi connectivity index (χ2n) is 5.11. The average molecular weight is 426 g/mol. The topological polar surface area (TPSA) is 59.9 Å². The number of hydrogen-bond donors (Lipinski definition) is 1. The van der Waals surface area contributed by atoms with E-state index in [2.05, 4.69) is 26.5 Å². The molecule has 2 aromatic carbocycles. The first-order valence-corrected chi connectivity index (χ1v) is 8.80. The van der Waals surface area contributed by atoms with Crippen LogP contribution in [0.1, 0.15) is 18.1 Å². The van der Waals surface area contributed by atoms with Crippen molar-refractivity contribution in [2.24, 2.45) is 5.10 Å². The number of amides is 1. The second kappa shape index (κ2) is 9.44. The van der Waals surface area contributed by atoms with Gasteiger partial charge in [0.05, 0.1) is 12.8 Å². The molecule has 0 fully saturated rings. The first-order chi connectivity index (χ1) is 12.0. The minimum Gasteiger partial charge on any atom is -0.493 e. The van der Waals surface area contributed by atoms with Crippen molar-refractivity contribution in [2.45, 2.75) is 13.8 Å². The summed E-state index contributed by atoms with van der Waals surface area (Å²) in [4.78, 5) is 11.8. The summed E-state index contributed by atoms with van der Waals surface area (Å²) in [5.41, 5.74) is 4.07. The lowest BCUT2D eigenvalue weighted by Gasteiger charge is -2.08. The van der Waals surface area contributed by atoms with Crippen LogP contribution < -0.4 is 14.9 Å². The minimum atomic E-state index is -0.364. The van der Waals surface area contributed by atoms with E-state index in [1.807, 2.05) is 32.0 Å². The maximum Gasteiger partial charge on any atom is 0.277 e. The van der Waals surface area contributed by atoms with Gasteiger partial charge in [0.15, 0.2) is 6.61 Å². The largest absolute Gasteiger partial charge is 0.493 e. The maximum atomic E-state index is 11.8. The maximum absolute atomic E-state index is 11.8. The Bertz CT molecular complexity index is 781. The van der Waals surface area contributed by atoms with Crippen molar-refractivity contribution >= 4 is 39.7 Å². The van der Waals surface area contributed by atoms with Crippen LogP contribution in [0.2, 0.25) is 5.02 Å². The van der Waals surface area contributed by atoms with Crippen molar-refractivity contribution in [1.29, 1.82) is 0 Å². The molecule has 0 saturated carbocycles. The first kappa shape index (κ1) is 19.3. The Hall–Kier alpha value is -2.05. The van der Waals surface area contributed by atoms with Crippen molar-refractivity contribution in [3.8, 4) is 11.5 Å². The molecule has 132 valence electrons. The number of hydrogen-bond acceptors (Lipinski definition) is 4. The summed E-state index contributed by atoms with van der Waals surface area (Å²) in [6, 6.07) is 10.8. The van der Waals surface area contributed by atoms with E-state index < -0.39 is 0 Å². The van der Waals surface area contributed by atoms with Gasteiger partial charge in [-0.05, 0) is 55.8 Å². The van der Waals surface area contributed by atoms with E-state index in [-0.39, 0.29) is 12.5 Å². The Labute approximate surface area is 160 Å². The third kappa shape index (κ3) is 6.07. The van der Waals surface area contributed by atoms with Crippen molar-refractivity contribution in [2.75, 3.05) is 13.2 Å². The zero-order valence-electron chi connectivity index (χ0n) is 13.9. The molecule has 0 aliphatic heterocycles. The molecule has 1 amide bonds. The Morgan fingerprint density at radius 3 is 2.80 bits per heavy atom. The van der Waals surface area contributed by atoms with Crippen LogP contribution >= 0.6 is 27.5 Å². The summed E-state index contributed by atoms with van der Waals surface area (Å²) in [7, 11) is 0. The van der Waals surface area contributed by atoms with Gasteiger partial charge in [0.25, 0.3) is 5.91 Å². The summed E-state index contributed by atoms with van der Waals surface area (Å²) in [6.45, 7) is 4.17. The SMILES string of the molecule is CCOc1ccc(Br)cc1/C=N/NC(=O)COc1ccc(Cl)c(C)c1. The van der Waals surface area contributed by atoms with Crippen LogP contribution in [0.25, 0.3) is 0 Å². The van der Waals surface area contributed by atoms with E-state index in [9.17, 15) is 4.79 Å². The molecule has 0 aromatic heterocycles. The number of halogens is 2. The van der Waals surface area contributed by atoms with Crippen LogP contribution in [-0.4, -0.2) is 25.3 Å². The molecule has 0 saturated heterocycles. The molecule has 2 rings (SSSR count). The van der Waals surface area contributed by atoms with Gasteiger partial charge in [-0.3, -0.25) is 4.79 Å². The van der Waals surface area contributed by atoms with Crippen molar-refractivity contribution < 1.29 is 14.3 Å². The highest BCUT2D eigenvalue weighted by Crippen LogP contribution is 2.22. The highest BCUT2D eigenvalue weighted by Gasteiger charge is 2.05. The lowest BCUT2D eigenvalue weighted by atomic mass is 10.2. The zero-order valence-corrected chi connectivity index (χ0v) is 16.2. The Balaban J connectivity index is 1.90. The van der Waals surface area contributed by atoms with Crippen LogP contribution in [0.3, 0.4) is 0 Å². The molecule has 0 spiro atoms. The van der Waals surface area contributed by atoms with Gasteiger partial charge < -0.3 is 9.47 Å². The van der Waals surface area contributed by atoms with E-state index in [0.717, 1.165) is 15.6 Å². The fourth-order valence-corrected chi connectivity index (χ4v) is 2.47. The number of ether oxygens (including phenoxy) is 2. The van der Waals surface area contributed by atoms with Gasteiger partial charge in [0.2, 0.25) is 0 Å². The summed E-state index contributed by atoms with van der Waals surface area (Å²) in [5.74, 6) is 0.903. The van der Waals surface area contributed by atoms with Crippen molar-refractivity contribution in [3.05, 3.63) is 57.0 Å². The third-order valence-corrected chi connectivity index (χ3v) is 4.08. The van der Waals surface area contributed by atoms with E-state index in [1.165, 1.54) is 6.21 Å². The molecule has 0 aliphatic carbocycles. The lowest BCUT2D eigenvalue weighted by molar-refractivity contribution is -0.123. The van der Waals surface area contributed by atoms with E-state index in [4.69, 9.17) is 21.1 Å². The molecule has 0 radical (unpaired) electrons. The molecule has 0 aliphatic rings. The molecule has 0 heterocycles. The summed E-state index contributed by atoms with van der Waals surface area (Å²) in [6.07, 6.45) is 1.53. The number of carbonyl (C=O) groups excluding carboxylic acids is 1. The van der Waals surface area contributed by atoms with Crippen LogP contribution in [-0.2, 0) is 4.79 Å². The first-order valence-electron chi connectivity index (χ1n) is 7.62. The molecular weight excluding hydrogens is 408 g/mol. The van der Waals surface area contributed by atoms with Gasteiger partial charge in [-0.2, -0.15) is 5.10 Å². The number of benzene rings is 2. The Morgan fingerprint density at radius 2 is 2.08 bits per heavy atom. The molecule has 25 heavy (non-hydrogen) atoms. The van der Waals surface area contributed by atoms with Crippen LogP contribution in [0.4, 0.5) is 0 Å². The fraction of sp³-hybridized carbons (Fsp3) is 0.222. The standard InChI is InChI=1S/C18H18BrClN2O3/c1-3-24-17-7-4-14(19)9-13(17)10-21-22-18(23)11-25-15-5-6-16(20)12(2)8-15/h4-10H,3,11H2,1-2H3,(H,22,23)/b21-10+. The molecular formula is C18H18BrClN2O3. The third-order valence-electron chi connectivity index (χ3n) is 3.16. The number of nitrogens with zero attached hydrogens (tertiary/aromatic N) is 1. The minimum absolute atomic E-state index is 0.144. The van der Waals surface area contributed by atoms with E-state index in [1.54, 1.807) is 18.2 Å². The predicted molar refractivity (Wildman–Crippen MR) is 103 cm³/mol. The molecule has 1 N–H and O–H groups in total. The Morgan fingerprint density at radius 1 is 1.28 bits per heavy atom. The monoisotopic (exact) mass is 424 g/mol. The highest BCUT2D eigenvalue weighted by atomic mass is 79.9. The molecule has 2 aromatic rings. The van der Waals surface area contributed by atoms with Crippen LogP contribution in [0, 0.1) is 6.92 Å². The Kier molecular flexibility index (Phi) is 7.28. The quantitative estimate of drug-likeness (QED) is 0.530. The van der Waals surface area contributed by atoms with Gasteiger partial charge >= 0.3 is 0 Å². The van der Waals surface area contributed by atoms with Gasteiger partial charge in [0.1, 0.15) is 11.5 Å². The summed E-state index contributed by atoms with van der Waals surface area (Å²) >= 11 is 9.34. The number of rotatable bonds is 7. The number of carbonyl (C=O) groups is 1. The van der Waals surface area contributed by atoms with Gasteiger partial charge in [-0.1, -0.05) is 27.5 Å². The summed E-state index contributed by atoms with van der Waals surface area (Å²) in [5, 5.41) is 4.60. The second-order valence-corrected chi connectivity index (χ2v) is 6.43. The molecule has 0 bridgehead atoms. The molecule has 0 atom stereocenters. The van der Waals surface area contributed by atoms with Crippen molar-refractivity contribution in [3.63, 3.8) is 0 Å². The molecule has 0 unspecified atom stereocenters. The number of aryl methyl sites for hydroxylation is 1. The fourth-order valence-electron chi connectivity index (χ4n) is 1.97. The van der Waals surface area contributed by atoms with E-state index in [0.29, 0.717) is 23.1 Å². The number of hydrazone groups is 1. The lowest BCUT2D eigenvalue weighted by Crippen LogP contribution is -2.24. The predicted octanol–water partition coefficient (Wildman–Crippen LogP) is 4.34. The molecule has 5 nitrogen and oxygen atoms in total. The molecule has 7 heteroatoms.